The van der Waals surface area contributed by atoms with Crippen LogP contribution in [0.2, 0.25) is 10.0 Å². The van der Waals surface area contributed by atoms with E-state index in [0.29, 0.717) is 40.6 Å². The molecule has 5 rings (SSSR count). The van der Waals surface area contributed by atoms with Gasteiger partial charge in [-0.05, 0) is 48.5 Å². The lowest BCUT2D eigenvalue weighted by Gasteiger charge is -2.22. The third-order valence-corrected chi connectivity index (χ3v) is 6.04. The number of nitrogens with one attached hydrogen (secondary N) is 1. The maximum absolute atomic E-state index is 13.5. The van der Waals surface area contributed by atoms with E-state index in [9.17, 15) is 9.59 Å². The van der Waals surface area contributed by atoms with Crippen LogP contribution in [0.3, 0.4) is 0 Å². The Balaban J connectivity index is 1.43. The standard InChI is InChI=1S/C24H17Cl2N5O2/c25-19-5-2-1-4-17(19)23(32)29-15-7-8-18(20(26)12-15)24(33)30-13-16-9-11-28-31(16)14-21-22(30)6-3-10-27-21/h1-12H,13-14H2,(H,29,32). The van der Waals surface area contributed by atoms with Crippen molar-refractivity contribution in [2.24, 2.45) is 0 Å². The molecule has 3 heterocycles. The lowest BCUT2D eigenvalue weighted by Crippen LogP contribution is -2.31. The molecule has 0 saturated heterocycles. The highest BCUT2D eigenvalue weighted by molar-refractivity contribution is 6.35. The van der Waals surface area contributed by atoms with Crippen LogP contribution in [0.1, 0.15) is 32.1 Å². The van der Waals surface area contributed by atoms with Crippen molar-refractivity contribution in [2.45, 2.75) is 13.1 Å². The van der Waals surface area contributed by atoms with Crippen LogP contribution in [0.4, 0.5) is 11.4 Å². The maximum atomic E-state index is 13.5. The molecule has 0 saturated carbocycles. The number of aromatic nitrogens is 3. The third-order valence-electron chi connectivity index (χ3n) is 5.40. The molecule has 164 valence electrons. The molecule has 4 aromatic rings. The van der Waals surface area contributed by atoms with Crippen molar-refractivity contribution in [1.29, 1.82) is 0 Å². The second-order valence-electron chi connectivity index (χ2n) is 7.47. The van der Waals surface area contributed by atoms with Gasteiger partial charge < -0.3 is 10.2 Å². The Kier molecular flexibility index (Phi) is 5.58. The predicted octanol–water partition coefficient (Wildman–Crippen LogP) is 5.05. The molecule has 9 heteroatoms. The summed E-state index contributed by atoms with van der Waals surface area (Å²) in [4.78, 5) is 32.2. The van der Waals surface area contributed by atoms with Crippen molar-refractivity contribution in [1.82, 2.24) is 14.8 Å². The average Bonchev–Trinajstić information content (AvgIpc) is 3.18. The fourth-order valence-electron chi connectivity index (χ4n) is 3.76. The highest BCUT2D eigenvalue weighted by Gasteiger charge is 2.27. The zero-order valence-electron chi connectivity index (χ0n) is 17.2. The highest BCUT2D eigenvalue weighted by atomic mass is 35.5. The summed E-state index contributed by atoms with van der Waals surface area (Å²) in [5.74, 6) is -0.635. The van der Waals surface area contributed by atoms with Gasteiger partial charge in [-0.3, -0.25) is 19.3 Å². The lowest BCUT2D eigenvalue weighted by atomic mass is 10.1. The van der Waals surface area contributed by atoms with Gasteiger partial charge in [0, 0.05) is 18.1 Å². The fourth-order valence-corrected chi connectivity index (χ4v) is 4.24. The van der Waals surface area contributed by atoms with Gasteiger partial charge in [0.25, 0.3) is 11.8 Å². The van der Waals surface area contributed by atoms with Crippen LogP contribution in [-0.2, 0) is 13.1 Å². The summed E-state index contributed by atoms with van der Waals surface area (Å²) in [5.41, 5.74) is 3.46. The van der Waals surface area contributed by atoms with Crippen molar-refractivity contribution in [2.75, 3.05) is 10.2 Å². The van der Waals surface area contributed by atoms with Crippen LogP contribution in [-0.4, -0.2) is 26.6 Å². The number of hydrogen-bond donors (Lipinski definition) is 1. The van der Waals surface area contributed by atoms with Crippen molar-refractivity contribution in [3.8, 4) is 0 Å². The van der Waals surface area contributed by atoms with E-state index in [1.54, 1.807) is 65.8 Å². The Morgan fingerprint density at radius 1 is 0.879 bits per heavy atom. The number of halogens is 2. The number of carbonyl (C=O) groups is 2. The Morgan fingerprint density at radius 3 is 2.55 bits per heavy atom. The topological polar surface area (TPSA) is 80.1 Å². The minimum Gasteiger partial charge on any atom is -0.322 e. The van der Waals surface area contributed by atoms with Gasteiger partial charge in [0.05, 0.1) is 51.3 Å². The van der Waals surface area contributed by atoms with E-state index in [1.165, 1.54) is 0 Å². The van der Waals surface area contributed by atoms with Gasteiger partial charge in [-0.2, -0.15) is 5.10 Å². The SMILES string of the molecule is O=C(Nc1ccc(C(=O)N2Cc3ccnn3Cc3ncccc32)c(Cl)c1)c1ccccc1Cl. The molecule has 2 aromatic heterocycles. The third kappa shape index (κ3) is 4.08. The molecule has 1 aliphatic heterocycles. The summed E-state index contributed by atoms with van der Waals surface area (Å²) in [6.07, 6.45) is 3.40. The largest absolute Gasteiger partial charge is 0.322 e. The zero-order chi connectivity index (χ0) is 22.9. The molecule has 33 heavy (non-hydrogen) atoms. The first kappa shape index (κ1) is 21.2. The smallest absolute Gasteiger partial charge is 0.260 e. The number of benzene rings is 2. The number of anilines is 2. The molecule has 1 N–H and O–H groups in total. The summed E-state index contributed by atoms with van der Waals surface area (Å²) in [5, 5.41) is 7.67. The van der Waals surface area contributed by atoms with E-state index >= 15 is 0 Å². The first-order valence-corrected chi connectivity index (χ1v) is 10.9. The van der Waals surface area contributed by atoms with Crippen molar-refractivity contribution >= 4 is 46.4 Å². The maximum Gasteiger partial charge on any atom is 0.260 e. The number of nitrogens with zero attached hydrogens (tertiary/aromatic N) is 4. The Morgan fingerprint density at radius 2 is 1.73 bits per heavy atom. The predicted molar refractivity (Wildman–Crippen MR) is 127 cm³/mol. The monoisotopic (exact) mass is 477 g/mol. The molecule has 2 amide bonds. The van der Waals surface area contributed by atoms with Gasteiger partial charge in [0.15, 0.2) is 0 Å². The number of carbonyl (C=O) groups excluding carboxylic acids is 2. The van der Waals surface area contributed by atoms with Gasteiger partial charge in [0.2, 0.25) is 0 Å². The number of amides is 2. The molecule has 7 nitrogen and oxygen atoms in total. The molecule has 0 fully saturated rings. The van der Waals surface area contributed by atoms with E-state index in [1.807, 2.05) is 16.8 Å². The van der Waals surface area contributed by atoms with E-state index in [2.05, 4.69) is 15.4 Å². The van der Waals surface area contributed by atoms with Crippen LogP contribution >= 0.6 is 23.2 Å². The number of fused-ring (bicyclic) bond motifs is 2. The van der Waals surface area contributed by atoms with Crippen LogP contribution in [0.15, 0.2) is 73.1 Å². The molecule has 0 bridgehead atoms. The quantitative estimate of drug-likeness (QED) is 0.447. The van der Waals surface area contributed by atoms with Crippen LogP contribution in [0.5, 0.6) is 0 Å². The molecule has 0 spiro atoms. The molecule has 0 aliphatic carbocycles. The Hall–Kier alpha value is -3.68. The van der Waals surface area contributed by atoms with Crippen LogP contribution in [0, 0.1) is 0 Å². The molecular weight excluding hydrogens is 461 g/mol. The van der Waals surface area contributed by atoms with Gasteiger partial charge >= 0.3 is 0 Å². The van der Waals surface area contributed by atoms with E-state index in [-0.39, 0.29) is 16.8 Å². The second-order valence-corrected chi connectivity index (χ2v) is 8.28. The van der Waals surface area contributed by atoms with Crippen LogP contribution < -0.4 is 10.2 Å². The molecular formula is C24H17Cl2N5O2. The first-order chi connectivity index (χ1) is 16.0. The number of hydrogen-bond acceptors (Lipinski definition) is 4. The molecule has 2 aromatic carbocycles. The highest BCUT2D eigenvalue weighted by Crippen LogP contribution is 2.30. The Labute approximate surface area is 199 Å². The minimum atomic E-state index is -0.364. The molecule has 1 aliphatic rings. The van der Waals surface area contributed by atoms with Gasteiger partial charge in [-0.15, -0.1) is 0 Å². The summed E-state index contributed by atoms with van der Waals surface area (Å²) in [6.45, 7) is 0.807. The lowest BCUT2D eigenvalue weighted by molar-refractivity contribution is 0.0984. The molecule has 0 unspecified atom stereocenters. The van der Waals surface area contributed by atoms with Crippen molar-refractivity contribution in [3.63, 3.8) is 0 Å². The second kappa shape index (κ2) is 8.69. The average molecular weight is 478 g/mol. The van der Waals surface area contributed by atoms with Crippen LogP contribution in [0.25, 0.3) is 0 Å². The normalized spacial score (nSPS) is 12.5. The number of rotatable bonds is 3. The summed E-state index contributed by atoms with van der Waals surface area (Å²) < 4.78 is 1.83. The van der Waals surface area contributed by atoms with Gasteiger partial charge in [-0.25, -0.2) is 0 Å². The fraction of sp³-hybridized carbons (Fsp3) is 0.0833. The molecule has 0 atom stereocenters. The summed E-state index contributed by atoms with van der Waals surface area (Å²) in [7, 11) is 0. The zero-order valence-corrected chi connectivity index (χ0v) is 18.7. The first-order valence-electron chi connectivity index (χ1n) is 10.1. The van der Waals surface area contributed by atoms with Gasteiger partial charge in [0.1, 0.15) is 0 Å². The van der Waals surface area contributed by atoms with E-state index in [4.69, 9.17) is 23.2 Å². The van der Waals surface area contributed by atoms with E-state index < -0.39 is 0 Å². The van der Waals surface area contributed by atoms with Crippen molar-refractivity contribution in [3.05, 3.63) is 106 Å². The van der Waals surface area contributed by atoms with E-state index in [0.717, 1.165) is 11.4 Å². The summed E-state index contributed by atoms with van der Waals surface area (Å²) in [6, 6.07) is 17.1. The summed E-state index contributed by atoms with van der Waals surface area (Å²) >= 11 is 12.6. The van der Waals surface area contributed by atoms with Gasteiger partial charge in [-0.1, -0.05) is 35.3 Å². The number of pyridine rings is 1. The minimum absolute atomic E-state index is 0.222. The van der Waals surface area contributed by atoms with Crippen molar-refractivity contribution < 1.29 is 9.59 Å². The Bertz CT molecular complexity index is 1380. The molecule has 0 radical (unpaired) electrons.